The summed E-state index contributed by atoms with van der Waals surface area (Å²) < 4.78 is 5.85. The zero-order valence-electron chi connectivity index (χ0n) is 13.2. The first-order valence-corrected chi connectivity index (χ1v) is 9.12. The first kappa shape index (κ1) is 15.3. The lowest BCUT2D eigenvalue weighted by atomic mass is 10.1. The highest BCUT2D eigenvalue weighted by atomic mass is 32.1. The highest BCUT2D eigenvalue weighted by molar-refractivity contribution is 7.15. The Hall–Kier alpha value is -0.650. The van der Waals surface area contributed by atoms with E-state index in [-0.39, 0.29) is 0 Å². The lowest BCUT2D eigenvalue weighted by Crippen LogP contribution is -2.33. The average Bonchev–Trinajstić information content (AvgIpc) is 3.26. The minimum Gasteiger partial charge on any atom is -0.376 e. The minimum absolute atomic E-state index is 0.384. The molecule has 1 aliphatic carbocycles. The van der Waals surface area contributed by atoms with Gasteiger partial charge in [-0.3, -0.25) is 0 Å². The van der Waals surface area contributed by atoms with E-state index in [2.05, 4.69) is 24.2 Å². The molecule has 118 valence electrons. The van der Waals surface area contributed by atoms with Gasteiger partial charge in [0, 0.05) is 37.5 Å². The molecule has 0 amide bonds. The minimum atomic E-state index is 0.384. The molecule has 2 fully saturated rings. The summed E-state index contributed by atoms with van der Waals surface area (Å²) in [5, 5.41) is 4.61. The number of hydrogen-bond acceptors (Lipinski definition) is 5. The van der Waals surface area contributed by atoms with Gasteiger partial charge in [0.2, 0.25) is 0 Å². The molecule has 1 aromatic rings. The van der Waals surface area contributed by atoms with E-state index in [1.54, 1.807) is 0 Å². The van der Waals surface area contributed by atoms with E-state index in [0.717, 1.165) is 32.2 Å². The largest absolute Gasteiger partial charge is 0.376 e. The van der Waals surface area contributed by atoms with E-state index in [1.165, 1.54) is 47.8 Å². The maximum atomic E-state index is 5.85. The van der Waals surface area contributed by atoms with Crippen molar-refractivity contribution in [2.24, 2.45) is 0 Å². The Bertz CT molecular complexity index is 452. The van der Waals surface area contributed by atoms with Crippen LogP contribution in [0.3, 0.4) is 0 Å². The number of hydrogen-bond donors (Lipinski definition) is 1. The summed E-state index contributed by atoms with van der Waals surface area (Å²) in [5.41, 5.74) is 1.35. The molecule has 1 unspecified atom stereocenters. The van der Waals surface area contributed by atoms with Crippen LogP contribution in [-0.4, -0.2) is 37.8 Å². The van der Waals surface area contributed by atoms with Crippen molar-refractivity contribution in [3.63, 3.8) is 0 Å². The summed E-state index contributed by atoms with van der Waals surface area (Å²) in [6.07, 6.45) is 6.73. The van der Waals surface area contributed by atoms with Gasteiger partial charge in [-0.15, -0.1) is 11.3 Å². The molecule has 4 nitrogen and oxygen atoms in total. The fourth-order valence-electron chi connectivity index (χ4n) is 2.89. The zero-order valence-corrected chi connectivity index (χ0v) is 14.0. The van der Waals surface area contributed by atoms with Crippen molar-refractivity contribution in [3.05, 3.63) is 10.6 Å². The summed E-state index contributed by atoms with van der Waals surface area (Å²) >= 11 is 1.86. The Labute approximate surface area is 131 Å². The van der Waals surface area contributed by atoms with Gasteiger partial charge in [-0.1, -0.05) is 6.92 Å². The molecule has 0 bridgehead atoms. The summed E-state index contributed by atoms with van der Waals surface area (Å²) in [6.45, 7) is 6.04. The summed E-state index contributed by atoms with van der Waals surface area (Å²) in [7, 11) is 2.16. The van der Waals surface area contributed by atoms with Gasteiger partial charge in [-0.2, -0.15) is 0 Å². The Morgan fingerprint density at radius 2 is 2.19 bits per heavy atom. The van der Waals surface area contributed by atoms with Crippen molar-refractivity contribution in [3.8, 4) is 0 Å². The molecule has 2 aliphatic rings. The highest BCUT2D eigenvalue weighted by Crippen LogP contribution is 2.44. The summed E-state index contributed by atoms with van der Waals surface area (Å²) in [6, 6.07) is 0. The van der Waals surface area contributed by atoms with Gasteiger partial charge >= 0.3 is 0 Å². The van der Waals surface area contributed by atoms with Crippen molar-refractivity contribution >= 4 is 16.5 Å². The fourth-order valence-corrected chi connectivity index (χ4v) is 3.98. The lowest BCUT2D eigenvalue weighted by molar-refractivity contribution is 0.0216. The first-order valence-electron chi connectivity index (χ1n) is 8.31. The van der Waals surface area contributed by atoms with Gasteiger partial charge in [0.25, 0.3) is 0 Å². The van der Waals surface area contributed by atoms with Gasteiger partial charge in [-0.05, 0) is 38.6 Å². The quantitative estimate of drug-likeness (QED) is 0.839. The molecule has 1 N–H and O–H groups in total. The highest BCUT2D eigenvalue weighted by Gasteiger charge is 2.30. The molecule has 1 aliphatic heterocycles. The number of likely N-dealkylation sites (N-methyl/N-ethyl adjacent to an activating group) is 1. The van der Waals surface area contributed by atoms with Crippen LogP contribution in [0.5, 0.6) is 0 Å². The summed E-state index contributed by atoms with van der Waals surface area (Å²) in [4.78, 5) is 8.67. The SMILES string of the molecule is CCNCc1sc(N(C)CC2CCCCO2)nc1C1CC1. The molecule has 2 heterocycles. The molecule has 0 aromatic carbocycles. The van der Waals surface area contributed by atoms with Crippen LogP contribution in [0.25, 0.3) is 0 Å². The molecular formula is C16H27N3OS. The second kappa shape index (κ2) is 7.07. The Morgan fingerprint density at radius 3 is 2.86 bits per heavy atom. The van der Waals surface area contributed by atoms with E-state index in [4.69, 9.17) is 9.72 Å². The van der Waals surface area contributed by atoms with E-state index in [1.807, 2.05) is 11.3 Å². The van der Waals surface area contributed by atoms with Gasteiger partial charge < -0.3 is 15.0 Å². The predicted molar refractivity (Wildman–Crippen MR) is 88.3 cm³/mol. The average molecular weight is 309 g/mol. The smallest absolute Gasteiger partial charge is 0.185 e. The van der Waals surface area contributed by atoms with Crippen LogP contribution in [-0.2, 0) is 11.3 Å². The molecule has 1 saturated carbocycles. The van der Waals surface area contributed by atoms with Gasteiger partial charge in [0.1, 0.15) is 0 Å². The zero-order chi connectivity index (χ0) is 14.7. The van der Waals surface area contributed by atoms with Crippen LogP contribution >= 0.6 is 11.3 Å². The second-order valence-corrected chi connectivity index (χ2v) is 7.29. The van der Waals surface area contributed by atoms with E-state index in [9.17, 15) is 0 Å². The molecule has 1 saturated heterocycles. The van der Waals surface area contributed by atoms with Gasteiger partial charge in [0.05, 0.1) is 11.8 Å². The molecule has 3 rings (SSSR count). The normalized spacial score (nSPS) is 22.5. The van der Waals surface area contributed by atoms with E-state index < -0.39 is 0 Å². The molecule has 1 atom stereocenters. The van der Waals surface area contributed by atoms with Crippen molar-refractivity contribution in [2.45, 2.75) is 57.6 Å². The number of rotatable bonds is 7. The number of nitrogens with zero attached hydrogens (tertiary/aromatic N) is 2. The Balaban J connectivity index is 1.65. The third-order valence-electron chi connectivity index (χ3n) is 4.29. The first-order chi connectivity index (χ1) is 10.3. The van der Waals surface area contributed by atoms with Crippen molar-refractivity contribution < 1.29 is 4.74 Å². The third kappa shape index (κ3) is 3.96. The maximum Gasteiger partial charge on any atom is 0.185 e. The van der Waals surface area contributed by atoms with E-state index >= 15 is 0 Å². The Morgan fingerprint density at radius 1 is 1.33 bits per heavy atom. The Kier molecular flexibility index (Phi) is 5.14. The van der Waals surface area contributed by atoms with Crippen molar-refractivity contribution in [1.82, 2.24) is 10.3 Å². The predicted octanol–water partition coefficient (Wildman–Crippen LogP) is 3.14. The number of anilines is 1. The number of aromatic nitrogens is 1. The standard InChI is InChI=1S/C16H27N3OS/c1-3-17-10-14-15(12-7-8-12)18-16(21-14)19(2)11-13-6-4-5-9-20-13/h12-13,17H,3-11H2,1-2H3. The van der Waals surface area contributed by atoms with Crippen LogP contribution in [0.1, 0.15) is 55.5 Å². The van der Waals surface area contributed by atoms with Crippen LogP contribution < -0.4 is 10.2 Å². The van der Waals surface area contributed by atoms with Gasteiger partial charge in [-0.25, -0.2) is 4.98 Å². The van der Waals surface area contributed by atoms with Crippen LogP contribution in [0.2, 0.25) is 0 Å². The molecule has 0 spiro atoms. The van der Waals surface area contributed by atoms with Crippen LogP contribution in [0, 0.1) is 0 Å². The number of thiazole rings is 1. The fraction of sp³-hybridized carbons (Fsp3) is 0.812. The topological polar surface area (TPSA) is 37.4 Å². The second-order valence-electron chi connectivity index (χ2n) is 6.23. The van der Waals surface area contributed by atoms with E-state index in [0.29, 0.717) is 6.10 Å². The number of nitrogens with one attached hydrogen (secondary N) is 1. The van der Waals surface area contributed by atoms with Gasteiger partial charge in [0.15, 0.2) is 5.13 Å². The molecule has 21 heavy (non-hydrogen) atoms. The van der Waals surface area contributed by atoms with Crippen LogP contribution in [0.4, 0.5) is 5.13 Å². The molecule has 5 heteroatoms. The maximum absolute atomic E-state index is 5.85. The monoisotopic (exact) mass is 309 g/mol. The van der Waals surface area contributed by atoms with Crippen LogP contribution in [0.15, 0.2) is 0 Å². The number of ether oxygens (including phenoxy) is 1. The molecular weight excluding hydrogens is 282 g/mol. The van der Waals surface area contributed by atoms with Crippen molar-refractivity contribution in [1.29, 1.82) is 0 Å². The summed E-state index contributed by atoms with van der Waals surface area (Å²) in [5.74, 6) is 0.725. The molecule has 0 radical (unpaired) electrons. The molecule has 1 aromatic heterocycles. The lowest BCUT2D eigenvalue weighted by Gasteiger charge is -2.27. The third-order valence-corrected chi connectivity index (χ3v) is 5.48. The van der Waals surface area contributed by atoms with Crippen molar-refractivity contribution in [2.75, 3.05) is 31.6 Å².